The lowest BCUT2D eigenvalue weighted by atomic mass is 10.2. The second-order valence-electron chi connectivity index (χ2n) is 3.91. The summed E-state index contributed by atoms with van der Waals surface area (Å²) in [5, 5.41) is 3.40. The molecule has 4 nitrogen and oxygen atoms in total. The SMILES string of the molecule is CCN(Cc1cnccn1)C1CCNC1. The average molecular weight is 206 g/mol. The molecule has 1 fully saturated rings. The summed E-state index contributed by atoms with van der Waals surface area (Å²) in [6.07, 6.45) is 6.58. The van der Waals surface area contributed by atoms with Gasteiger partial charge in [0.15, 0.2) is 0 Å². The molecule has 1 unspecified atom stereocenters. The van der Waals surface area contributed by atoms with Crippen LogP contribution in [-0.2, 0) is 6.54 Å². The van der Waals surface area contributed by atoms with Gasteiger partial charge in [0.05, 0.1) is 5.69 Å². The minimum Gasteiger partial charge on any atom is -0.315 e. The molecule has 0 amide bonds. The molecule has 0 saturated carbocycles. The lowest BCUT2D eigenvalue weighted by molar-refractivity contribution is 0.207. The number of hydrogen-bond donors (Lipinski definition) is 1. The zero-order chi connectivity index (χ0) is 10.5. The van der Waals surface area contributed by atoms with Crippen molar-refractivity contribution in [3.8, 4) is 0 Å². The number of hydrogen-bond acceptors (Lipinski definition) is 4. The van der Waals surface area contributed by atoms with Gasteiger partial charge in [-0.2, -0.15) is 0 Å². The third-order valence-electron chi connectivity index (χ3n) is 2.94. The first-order chi connectivity index (χ1) is 7.40. The molecule has 1 atom stereocenters. The van der Waals surface area contributed by atoms with Crippen molar-refractivity contribution >= 4 is 0 Å². The Hall–Kier alpha value is -1.00. The van der Waals surface area contributed by atoms with Crippen LogP contribution < -0.4 is 5.32 Å². The van der Waals surface area contributed by atoms with Crippen LogP contribution in [0.1, 0.15) is 19.0 Å². The standard InChI is InChI=1S/C11H18N4/c1-2-15(11-3-4-12-8-11)9-10-7-13-5-6-14-10/h5-7,11-12H,2-4,8-9H2,1H3. The smallest absolute Gasteiger partial charge is 0.0726 e. The quantitative estimate of drug-likeness (QED) is 0.786. The van der Waals surface area contributed by atoms with Crippen molar-refractivity contribution in [3.63, 3.8) is 0 Å². The minimum absolute atomic E-state index is 0.664. The van der Waals surface area contributed by atoms with E-state index in [1.54, 1.807) is 12.4 Å². The van der Waals surface area contributed by atoms with E-state index < -0.39 is 0 Å². The number of aromatic nitrogens is 2. The van der Waals surface area contributed by atoms with Gasteiger partial charge in [-0.1, -0.05) is 6.92 Å². The van der Waals surface area contributed by atoms with Crippen molar-refractivity contribution in [1.29, 1.82) is 0 Å². The minimum atomic E-state index is 0.664. The highest BCUT2D eigenvalue weighted by molar-refractivity contribution is 4.95. The van der Waals surface area contributed by atoms with Crippen molar-refractivity contribution in [2.45, 2.75) is 25.9 Å². The fourth-order valence-electron chi connectivity index (χ4n) is 2.07. The molecule has 1 aliphatic heterocycles. The highest BCUT2D eigenvalue weighted by Gasteiger charge is 2.21. The van der Waals surface area contributed by atoms with Crippen LogP contribution in [0.25, 0.3) is 0 Å². The number of likely N-dealkylation sites (N-methyl/N-ethyl adjacent to an activating group) is 1. The lowest BCUT2D eigenvalue weighted by Crippen LogP contribution is -2.36. The number of nitrogens with one attached hydrogen (secondary N) is 1. The summed E-state index contributed by atoms with van der Waals surface area (Å²) in [4.78, 5) is 10.9. The van der Waals surface area contributed by atoms with Crippen LogP contribution in [0, 0.1) is 0 Å². The van der Waals surface area contributed by atoms with Gasteiger partial charge in [0, 0.05) is 37.7 Å². The van der Waals surface area contributed by atoms with Gasteiger partial charge in [0.1, 0.15) is 0 Å². The third-order valence-corrected chi connectivity index (χ3v) is 2.94. The first-order valence-electron chi connectivity index (χ1n) is 5.60. The molecule has 1 aromatic heterocycles. The van der Waals surface area contributed by atoms with Crippen molar-refractivity contribution in [3.05, 3.63) is 24.3 Å². The molecule has 82 valence electrons. The van der Waals surface area contributed by atoms with Gasteiger partial charge in [0.25, 0.3) is 0 Å². The van der Waals surface area contributed by atoms with E-state index in [4.69, 9.17) is 0 Å². The Morgan fingerprint density at radius 3 is 3.07 bits per heavy atom. The Morgan fingerprint density at radius 1 is 1.53 bits per heavy atom. The van der Waals surface area contributed by atoms with E-state index in [-0.39, 0.29) is 0 Å². The van der Waals surface area contributed by atoms with E-state index in [2.05, 4.69) is 27.1 Å². The van der Waals surface area contributed by atoms with Gasteiger partial charge in [-0.05, 0) is 19.5 Å². The average Bonchev–Trinajstić information content (AvgIpc) is 2.81. The van der Waals surface area contributed by atoms with Gasteiger partial charge in [-0.15, -0.1) is 0 Å². The van der Waals surface area contributed by atoms with Crippen LogP contribution in [0.3, 0.4) is 0 Å². The topological polar surface area (TPSA) is 41.1 Å². The highest BCUT2D eigenvalue weighted by Crippen LogP contribution is 2.10. The highest BCUT2D eigenvalue weighted by atomic mass is 15.2. The van der Waals surface area contributed by atoms with Gasteiger partial charge in [0.2, 0.25) is 0 Å². The molecular formula is C11H18N4. The van der Waals surface area contributed by atoms with E-state index in [1.165, 1.54) is 6.42 Å². The molecule has 0 radical (unpaired) electrons. The van der Waals surface area contributed by atoms with Gasteiger partial charge >= 0.3 is 0 Å². The molecule has 2 heterocycles. The molecule has 1 aliphatic rings. The van der Waals surface area contributed by atoms with E-state index >= 15 is 0 Å². The molecular weight excluding hydrogens is 188 g/mol. The van der Waals surface area contributed by atoms with Crippen LogP contribution in [-0.4, -0.2) is 40.5 Å². The normalized spacial score (nSPS) is 21.1. The summed E-state index contributed by atoms with van der Waals surface area (Å²) >= 11 is 0. The maximum absolute atomic E-state index is 4.31. The molecule has 0 bridgehead atoms. The molecule has 0 spiro atoms. The van der Waals surface area contributed by atoms with E-state index in [0.29, 0.717) is 6.04 Å². The molecule has 4 heteroatoms. The summed E-state index contributed by atoms with van der Waals surface area (Å²) in [5.74, 6) is 0. The predicted molar refractivity (Wildman–Crippen MR) is 59.4 cm³/mol. The molecule has 15 heavy (non-hydrogen) atoms. The Balaban J connectivity index is 1.96. The molecule has 1 N–H and O–H groups in total. The zero-order valence-electron chi connectivity index (χ0n) is 9.19. The van der Waals surface area contributed by atoms with Crippen LogP contribution >= 0.6 is 0 Å². The first-order valence-corrected chi connectivity index (χ1v) is 5.60. The second kappa shape index (κ2) is 5.19. The van der Waals surface area contributed by atoms with Crippen molar-refractivity contribution in [2.75, 3.05) is 19.6 Å². The summed E-state index contributed by atoms with van der Waals surface area (Å²) in [6, 6.07) is 0.664. The zero-order valence-corrected chi connectivity index (χ0v) is 9.19. The Labute approximate surface area is 90.7 Å². The molecule has 1 saturated heterocycles. The van der Waals surface area contributed by atoms with Gasteiger partial charge in [-0.25, -0.2) is 0 Å². The number of nitrogens with zero attached hydrogens (tertiary/aromatic N) is 3. The molecule has 0 aromatic carbocycles. The first kappa shape index (κ1) is 10.5. The van der Waals surface area contributed by atoms with Gasteiger partial charge in [-0.3, -0.25) is 14.9 Å². The Bertz CT molecular complexity index is 282. The largest absolute Gasteiger partial charge is 0.315 e. The Morgan fingerprint density at radius 2 is 2.47 bits per heavy atom. The van der Waals surface area contributed by atoms with Crippen molar-refractivity contribution in [2.24, 2.45) is 0 Å². The van der Waals surface area contributed by atoms with Crippen molar-refractivity contribution < 1.29 is 0 Å². The van der Waals surface area contributed by atoms with Crippen LogP contribution in [0.5, 0.6) is 0 Å². The fourth-order valence-corrected chi connectivity index (χ4v) is 2.07. The third kappa shape index (κ3) is 2.73. The summed E-state index contributed by atoms with van der Waals surface area (Å²) in [5.41, 5.74) is 1.06. The monoisotopic (exact) mass is 206 g/mol. The maximum Gasteiger partial charge on any atom is 0.0726 e. The maximum atomic E-state index is 4.31. The van der Waals surface area contributed by atoms with E-state index in [1.807, 2.05) is 6.20 Å². The summed E-state index contributed by atoms with van der Waals surface area (Å²) in [7, 11) is 0. The predicted octanol–water partition coefficient (Wildman–Crippen LogP) is 0.660. The van der Waals surface area contributed by atoms with Crippen LogP contribution in [0.2, 0.25) is 0 Å². The summed E-state index contributed by atoms with van der Waals surface area (Å²) < 4.78 is 0. The van der Waals surface area contributed by atoms with Crippen LogP contribution in [0.15, 0.2) is 18.6 Å². The summed E-state index contributed by atoms with van der Waals surface area (Å²) in [6.45, 7) is 6.43. The van der Waals surface area contributed by atoms with Crippen LogP contribution in [0.4, 0.5) is 0 Å². The molecule has 2 rings (SSSR count). The van der Waals surface area contributed by atoms with E-state index in [9.17, 15) is 0 Å². The van der Waals surface area contributed by atoms with Crippen molar-refractivity contribution in [1.82, 2.24) is 20.2 Å². The fraction of sp³-hybridized carbons (Fsp3) is 0.636. The molecule has 1 aromatic rings. The number of rotatable bonds is 4. The second-order valence-corrected chi connectivity index (χ2v) is 3.91. The lowest BCUT2D eigenvalue weighted by Gasteiger charge is -2.26. The Kier molecular flexibility index (Phi) is 3.64. The van der Waals surface area contributed by atoms with Gasteiger partial charge < -0.3 is 5.32 Å². The van der Waals surface area contributed by atoms with E-state index in [0.717, 1.165) is 31.9 Å². The molecule has 0 aliphatic carbocycles.